The summed E-state index contributed by atoms with van der Waals surface area (Å²) in [4.78, 5) is 10.4. The highest BCUT2D eigenvalue weighted by Gasteiger charge is 1.99. The van der Waals surface area contributed by atoms with E-state index in [2.05, 4.69) is 31.7 Å². The number of ether oxygens (including phenoxy) is 1. The van der Waals surface area contributed by atoms with Crippen LogP contribution in [0.3, 0.4) is 0 Å². The maximum Gasteiger partial charge on any atom is 0.315 e. The number of aryl methyl sites for hydroxylation is 1. The molecule has 90 valence electrons. The molecule has 0 aliphatic carbocycles. The lowest BCUT2D eigenvalue weighted by molar-refractivity contribution is -0.141. The Labute approximate surface area is 103 Å². The summed E-state index contributed by atoms with van der Waals surface area (Å²) in [6.45, 7) is 6.57. The first-order chi connectivity index (χ1) is 7.56. The van der Waals surface area contributed by atoms with Crippen LogP contribution in [0.2, 0.25) is 0 Å². The van der Waals surface area contributed by atoms with Crippen LogP contribution in [-0.4, -0.2) is 18.3 Å². The number of thiol groups is 1. The summed E-state index contributed by atoms with van der Waals surface area (Å²) in [7, 11) is 0. The number of carbonyl (C=O) groups excluding carboxylic acids is 1. The second kappa shape index (κ2) is 9.28. The third-order valence-electron chi connectivity index (χ3n) is 1.65. The molecule has 0 bridgehead atoms. The van der Waals surface area contributed by atoms with Gasteiger partial charge in [0, 0.05) is 0 Å². The largest absolute Gasteiger partial charge is 0.465 e. The third kappa shape index (κ3) is 9.59. The Morgan fingerprint density at radius 3 is 2.19 bits per heavy atom. The van der Waals surface area contributed by atoms with E-state index in [1.54, 1.807) is 0 Å². The van der Waals surface area contributed by atoms with Crippen LogP contribution in [0.15, 0.2) is 30.3 Å². The standard InChI is InChI=1S/C7H8.C6H12O2S/c1-7-5-3-2-4-6-7;1-5(2)3-8-6(7)4-9/h2-6H,1H3;5,9H,3-4H2,1-2H3. The molecule has 0 aromatic heterocycles. The molecule has 0 spiro atoms. The van der Waals surface area contributed by atoms with Gasteiger partial charge in [0.1, 0.15) is 0 Å². The fraction of sp³-hybridized carbons (Fsp3) is 0.462. The van der Waals surface area contributed by atoms with Crippen molar-refractivity contribution in [2.24, 2.45) is 5.92 Å². The normalized spacial score (nSPS) is 9.31. The Morgan fingerprint density at radius 1 is 1.31 bits per heavy atom. The van der Waals surface area contributed by atoms with Crippen molar-refractivity contribution in [3.8, 4) is 0 Å². The van der Waals surface area contributed by atoms with Gasteiger partial charge in [0.2, 0.25) is 0 Å². The van der Waals surface area contributed by atoms with Gasteiger partial charge in [-0.25, -0.2) is 0 Å². The molecule has 2 nitrogen and oxygen atoms in total. The lowest BCUT2D eigenvalue weighted by Crippen LogP contribution is -2.10. The van der Waals surface area contributed by atoms with Gasteiger partial charge < -0.3 is 4.74 Å². The molecular weight excluding hydrogens is 220 g/mol. The molecule has 0 saturated heterocycles. The summed E-state index contributed by atoms with van der Waals surface area (Å²) in [5, 5.41) is 0. The number of hydrogen-bond donors (Lipinski definition) is 1. The minimum absolute atomic E-state index is 0.173. The minimum Gasteiger partial charge on any atom is -0.465 e. The summed E-state index contributed by atoms with van der Waals surface area (Å²) < 4.78 is 4.74. The number of rotatable bonds is 3. The summed E-state index contributed by atoms with van der Waals surface area (Å²) in [5.74, 6) is 0.341. The molecule has 0 unspecified atom stereocenters. The quantitative estimate of drug-likeness (QED) is 0.649. The summed E-state index contributed by atoms with van der Waals surface area (Å²) in [5.41, 5.74) is 1.32. The van der Waals surface area contributed by atoms with E-state index in [1.165, 1.54) is 5.56 Å². The average molecular weight is 240 g/mol. The second-order valence-electron chi connectivity index (χ2n) is 3.89. The topological polar surface area (TPSA) is 26.3 Å². The number of benzene rings is 1. The fourth-order valence-electron chi connectivity index (χ4n) is 0.840. The Balaban J connectivity index is 0.000000288. The molecule has 0 aliphatic heterocycles. The molecule has 0 saturated carbocycles. The zero-order chi connectivity index (χ0) is 12.4. The van der Waals surface area contributed by atoms with Crippen LogP contribution in [0.4, 0.5) is 0 Å². The average Bonchev–Trinajstić information content (AvgIpc) is 2.27. The van der Waals surface area contributed by atoms with Crippen LogP contribution < -0.4 is 0 Å². The zero-order valence-electron chi connectivity index (χ0n) is 10.1. The van der Waals surface area contributed by atoms with Gasteiger partial charge in [-0.05, 0) is 12.8 Å². The second-order valence-corrected chi connectivity index (χ2v) is 4.21. The van der Waals surface area contributed by atoms with Gasteiger partial charge in [-0.2, -0.15) is 12.6 Å². The highest BCUT2D eigenvalue weighted by Crippen LogP contribution is 1.93. The van der Waals surface area contributed by atoms with E-state index in [9.17, 15) is 4.79 Å². The highest BCUT2D eigenvalue weighted by molar-refractivity contribution is 7.81. The van der Waals surface area contributed by atoms with Gasteiger partial charge >= 0.3 is 5.97 Å². The monoisotopic (exact) mass is 240 g/mol. The van der Waals surface area contributed by atoms with Gasteiger partial charge in [0.25, 0.3) is 0 Å². The van der Waals surface area contributed by atoms with Crippen LogP contribution in [0.1, 0.15) is 19.4 Å². The smallest absolute Gasteiger partial charge is 0.315 e. The first-order valence-corrected chi connectivity index (χ1v) is 5.97. The Morgan fingerprint density at radius 2 is 1.88 bits per heavy atom. The van der Waals surface area contributed by atoms with E-state index in [1.807, 2.05) is 32.0 Å². The number of carbonyl (C=O) groups is 1. The third-order valence-corrected chi connectivity index (χ3v) is 1.91. The van der Waals surface area contributed by atoms with Crippen molar-refractivity contribution in [2.45, 2.75) is 20.8 Å². The van der Waals surface area contributed by atoms with E-state index in [0.717, 1.165) is 0 Å². The van der Waals surface area contributed by atoms with Crippen LogP contribution >= 0.6 is 12.6 Å². The molecule has 3 heteroatoms. The molecule has 1 rings (SSSR count). The lowest BCUT2D eigenvalue weighted by atomic mass is 10.2. The predicted molar refractivity (Wildman–Crippen MR) is 70.8 cm³/mol. The first kappa shape index (κ1) is 15.0. The highest BCUT2D eigenvalue weighted by atomic mass is 32.1. The maximum absolute atomic E-state index is 10.4. The number of hydrogen-bond acceptors (Lipinski definition) is 3. The molecule has 0 amide bonds. The molecule has 0 aliphatic rings. The van der Waals surface area contributed by atoms with Gasteiger partial charge in [0.15, 0.2) is 0 Å². The molecule has 0 atom stereocenters. The Bertz CT molecular complexity index is 283. The lowest BCUT2D eigenvalue weighted by Gasteiger charge is -2.03. The molecule has 0 heterocycles. The predicted octanol–water partition coefficient (Wildman–Crippen LogP) is 3.11. The van der Waals surface area contributed by atoms with E-state index in [-0.39, 0.29) is 11.7 Å². The van der Waals surface area contributed by atoms with Crippen LogP contribution in [-0.2, 0) is 9.53 Å². The van der Waals surface area contributed by atoms with Crippen molar-refractivity contribution in [3.05, 3.63) is 35.9 Å². The fourth-order valence-corrected chi connectivity index (χ4v) is 0.931. The van der Waals surface area contributed by atoms with E-state index < -0.39 is 0 Å². The molecule has 1 aromatic rings. The summed E-state index contributed by atoms with van der Waals surface area (Å²) in [6.07, 6.45) is 0. The minimum atomic E-state index is -0.243. The van der Waals surface area contributed by atoms with Crippen LogP contribution in [0.5, 0.6) is 0 Å². The van der Waals surface area contributed by atoms with Crippen molar-refractivity contribution >= 4 is 18.6 Å². The van der Waals surface area contributed by atoms with Gasteiger partial charge in [0.05, 0.1) is 12.4 Å². The van der Waals surface area contributed by atoms with Gasteiger partial charge in [-0.1, -0.05) is 49.7 Å². The first-order valence-electron chi connectivity index (χ1n) is 5.34. The Kier molecular flexibility index (Phi) is 8.72. The maximum atomic E-state index is 10.4. The van der Waals surface area contributed by atoms with Gasteiger partial charge in [-0.3, -0.25) is 4.79 Å². The number of esters is 1. The van der Waals surface area contributed by atoms with Crippen LogP contribution in [0.25, 0.3) is 0 Å². The van der Waals surface area contributed by atoms with Crippen molar-refractivity contribution in [3.63, 3.8) is 0 Å². The van der Waals surface area contributed by atoms with Crippen LogP contribution in [0, 0.1) is 12.8 Å². The molecule has 0 fully saturated rings. The van der Waals surface area contributed by atoms with E-state index in [0.29, 0.717) is 12.5 Å². The Hall–Kier alpha value is -0.960. The molecule has 0 radical (unpaired) electrons. The van der Waals surface area contributed by atoms with E-state index >= 15 is 0 Å². The van der Waals surface area contributed by atoms with Gasteiger partial charge in [-0.15, -0.1) is 0 Å². The van der Waals surface area contributed by atoms with Crippen molar-refractivity contribution in [1.29, 1.82) is 0 Å². The van der Waals surface area contributed by atoms with Crippen molar-refractivity contribution in [1.82, 2.24) is 0 Å². The zero-order valence-corrected chi connectivity index (χ0v) is 11.0. The summed E-state index contributed by atoms with van der Waals surface area (Å²) in [6, 6.07) is 10.3. The molecule has 0 N–H and O–H groups in total. The molecule has 1 aromatic carbocycles. The van der Waals surface area contributed by atoms with Crippen molar-refractivity contribution in [2.75, 3.05) is 12.4 Å². The molecular formula is C13H20O2S. The van der Waals surface area contributed by atoms with E-state index in [4.69, 9.17) is 4.74 Å². The molecule has 16 heavy (non-hydrogen) atoms. The SMILES string of the molecule is CC(C)COC(=O)CS.Cc1ccccc1. The summed E-state index contributed by atoms with van der Waals surface area (Å²) >= 11 is 3.74. The van der Waals surface area contributed by atoms with Crippen molar-refractivity contribution < 1.29 is 9.53 Å².